The van der Waals surface area contributed by atoms with Crippen LogP contribution in [0.3, 0.4) is 0 Å². The molecule has 12 heteroatoms. The molecule has 6 rings (SSSR count). The summed E-state index contributed by atoms with van der Waals surface area (Å²) >= 11 is 1.43. The molecule has 0 spiro atoms. The molecular weight excluding hydrogens is 603 g/mol. The molecule has 228 valence electrons. The number of hydrogen-bond donors (Lipinski definition) is 1. The molecule has 6 aromatic rings. The molecule has 0 fully saturated rings. The topological polar surface area (TPSA) is 93.3 Å². The number of nitrogens with zero attached hydrogens (tertiary/aromatic N) is 4. The van der Waals surface area contributed by atoms with Gasteiger partial charge in [-0.05, 0) is 55.5 Å². The molecule has 1 N–H and O–H groups in total. The van der Waals surface area contributed by atoms with E-state index in [2.05, 4.69) is 10.3 Å². The Labute approximate surface area is 259 Å². The van der Waals surface area contributed by atoms with E-state index in [9.17, 15) is 22.8 Å². The van der Waals surface area contributed by atoms with E-state index in [-0.39, 0.29) is 28.9 Å². The fraction of sp³-hybridized carbons (Fsp3) is 0.152. The molecule has 0 saturated carbocycles. The Kier molecular flexibility index (Phi) is 7.83. The van der Waals surface area contributed by atoms with Gasteiger partial charge in [0.25, 0.3) is 11.5 Å². The van der Waals surface area contributed by atoms with Crippen LogP contribution in [0, 0.1) is 24.4 Å². The molecule has 1 amide bonds. The number of benzene rings is 3. The molecule has 3 aromatic carbocycles. The van der Waals surface area contributed by atoms with E-state index in [4.69, 9.17) is 9.40 Å². The van der Waals surface area contributed by atoms with Crippen LogP contribution in [0.4, 0.5) is 18.9 Å². The molecule has 0 unspecified atom stereocenters. The number of hydrogen-bond acceptors (Lipinski definition) is 7. The quantitative estimate of drug-likeness (QED) is 0.196. The average molecular weight is 630 g/mol. The minimum absolute atomic E-state index is 0.0594. The van der Waals surface area contributed by atoms with Gasteiger partial charge in [0.05, 0.1) is 29.0 Å². The summed E-state index contributed by atoms with van der Waals surface area (Å²) < 4.78 is 51.1. The minimum atomic E-state index is -0.770. The van der Waals surface area contributed by atoms with E-state index >= 15 is 0 Å². The number of fused-ring (bicyclic) bond motifs is 2. The van der Waals surface area contributed by atoms with Gasteiger partial charge in [0.15, 0.2) is 5.52 Å². The summed E-state index contributed by atoms with van der Waals surface area (Å²) in [6.45, 7) is 1.47. The van der Waals surface area contributed by atoms with Gasteiger partial charge in [-0.3, -0.25) is 14.2 Å². The van der Waals surface area contributed by atoms with Crippen molar-refractivity contribution in [2.75, 3.05) is 24.7 Å². The van der Waals surface area contributed by atoms with Crippen LogP contribution < -0.4 is 15.2 Å². The number of halogens is 3. The van der Waals surface area contributed by atoms with Crippen LogP contribution in [0.25, 0.3) is 44.6 Å². The zero-order valence-corrected chi connectivity index (χ0v) is 25.4. The fourth-order valence-corrected chi connectivity index (χ4v) is 5.56. The molecule has 3 heterocycles. The third-order valence-corrected chi connectivity index (χ3v) is 8.34. The van der Waals surface area contributed by atoms with E-state index in [1.54, 1.807) is 31.2 Å². The first-order valence-corrected chi connectivity index (χ1v) is 15.0. The van der Waals surface area contributed by atoms with Crippen molar-refractivity contribution in [3.05, 3.63) is 111 Å². The molecule has 0 bridgehead atoms. The highest BCUT2D eigenvalue weighted by molar-refractivity contribution is 7.99. The smallest absolute Gasteiger partial charge is 0.280 e. The lowest BCUT2D eigenvalue weighted by Gasteiger charge is -2.19. The number of carbonyl (C=O) groups is 1. The van der Waals surface area contributed by atoms with Crippen molar-refractivity contribution in [2.45, 2.75) is 13.5 Å². The summed E-state index contributed by atoms with van der Waals surface area (Å²) in [5, 5.41) is 3.15. The lowest BCUT2D eigenvalue weighted by Crippen LogP contribution is -2.25. The number of amides is 1. The number of rotatable bonds is 7. The Bertz CT molecular complexity index is 2180. The molecule has 45 heavy (non-hydrogen) atoms. The normalized spacial score (nSPS) is 11.4. The largest absolute Gasteiger partial charge is 0.455 e. The van der Waals surface area contributed by atoms with Crippen LogP contribution in [-0.2, 0) is 6.54 Å². The van der Waals surface area contributed by atoms with Crippen molar-refractivity contribution in [1.82, 2.24) is 19.9 Å². The van der Waals surface area contributed by atoms with Gasteiger partial charge in [-0.25, -0.2) is 23.1 Å². The SMILES string of the molecule is CNC(=O)c1c(-c2ccc(F)cc2)oc2cc(N(C)SC)c(-c3ccc4nc(C)n(Cc5ccc(F)cc5F)c(=O)c4n3)cc12. The molecule has 0 aliphatic heterocycles. The molecule has 8 nitrogen and oxygen atoms in total. The van der Waals surface area contributed by atoms with Crippen molar-refractivity contribution in [3.63, 3.8) is 0 Å². The maximum Gasteiger partial charge on any atom is 0.280 e. The van der Waals surface area contributed by atoms with Gasteiger partial charge in [0, 0.05) is 54.6 Å². The van der Waals surface area contributed by atoms with Gasteiger partial charge in [-0.2, -0.15) is 0 Å². The first-order valence-electron chi connectivity index (χ1n) is 13.8. The van der Waals surface area contributed by atoms with Crippen LogP contribution in [-0.4, -0.2) is 40.8 Å². The maximum absolute atomic E-state index is 14.5. The van der Waals surface area contributed by atoms with Crippen molar-refractivity contribution >= 4 is 45.5 Å². The van der Waals surface area contributed by atoms with Gasteiger partial charge in [0.1, 0.15) is 34.6 Å². The molecule has 3 aromatic heterocycles. The minimum Gasteiger partial charge on any atom is -0.455 e. The predicted molar refractivity (Wildman–Crippen MR) is 170 cm³/mol. The zero-order valence-electron chi connectivity index (χ0n) is 24.6. The van der Waals surface area contributed by atoms with Gasteiger partial charge < -0.3 is 14.0 Å². The lowest BCUT2D eigenvalue weighted by molar-refractivity contribution is 0.0964. The summed E-state index contributed by atoms with van der Waals surface area (Å²) in [6, 6.07) is 15.8. The van der Waals surface area contributed by atoms with Crippen LogP contribution in [0.5, 0.6) is 0 Å². The summed E-state index contributed by atoms with van der Waals surface area (Å²) in [4.78, 5) is 36.1. The summed E-state index contributed by atoms with van der Waals surface area (Å²) in [7, 11) is 3.37. The van der Waals surface area contributed by atoms with E-state index in [1.807, 2.05) is 17.6 Å². The maximum atomic E-state index is 14.5. The molecular formula is C33H26F3N5O3S. The highest BCUT2D eigenvalue weighted by Crippen LogP contribution is 2.41. The Hall–Kier alpha value is -5.10. The third kappa shape index (κ3) is 5.42. The third-order valence-electron chi connectivity index (χ3n) is 7.59. The average Bonchev–Trinajstić information content (AvgIpc) is 3.41. The molecule has 0 aliphatic rings. The van der Waals surface area contributed by atoms with Crippen molar-refractivity contribution in [1.29, 1.82) is 0 Å². The Balaban J connectivity index is 1.56. The highest BCUT2D eigenvalue weighted by Gasteiger charge is 2.25. The van der Waals surface area contributed by atoms with Crippen molar-refractivity contribution in [3.8, 4) is 22.6 Å². The second-order valence-electron chi connectivity index (χ2n) is 10.3. The van der Waals surface area contributed by atoms with Gasteiger partial charge in [-0.1, -0.05) is 18.0 Å². The number of pyridine rings is 1. The Morgan fingerprint density at radius 2 is 1.73 bits per heavy atom. The number of aromatic nitrogens is 3. The second-order valence-corrected chi connectivity index (χ2v) is 11.2. The second kappa shape index (κ2) is 11.8. The fourth-order valence-electron chi connectivity index (χ4n) is 5.22. The van der Waals surface area contributed by atoms with E-state index in [0.29, 0.717) is 44.8 Å². The molecule has 0 atom stereocenters. The predicted octanol–water partition coefficient (Wildman–Crippen LogP) is 6.72. The highest BCUT2D eigenvalue weighted by atomic mass is 32.2. The van der Waals surface area contributed by atoms with E-state index < -0.39 is 28.9 Å². The van der Waals surface area contributed by atoms with Gasteiger partial charge in [0.2, 0.25) is 0 Å². The Morgan fingerprint density at radius 3 is 2.42 bits per heavy atom. The van der Waals surface area contributed by atoms with Crippen molar-refractivity contribution in [2.24, 2.45) is 0 Å². The summed E-state index contributed by atoms with van der Waals surface area (Å²) in [5.41, 5.74) is 2.99. The number of carbonyl (C=O) groups excluding carboxylic acids is 1. The van der Waals surface area contributed by atoms with Gasteiger partial charge in [-0.15, -0.1) is 0 Å². The van der Waals surface area contributed by atoms with E-state index in [1.165, 1.54) is 53.9 Å². The van der Waals surface area contributed by atoms with E-state index in [0.717, 1.165) is 12.1 Å². The van der Waals surface area contributed by atoms with Crippen LogP contribution in [0.15, 0.2) is 75.9 Å². The molecule has 0 radical (unpaired) electrons. The van der Waals surface area contributed by atoms with Crippen LogP contribution in [0.2, 0.25) is 0 Å². The Morgan fingerprint density at radius 1 is 1.00 bits per heavy atom. The van der Waals surface area contributed by atoms with Crippen LogP contribution >= 0.6 is 11.9 Å². The molecule has 0 saturated heterocycles. The standard InChI is InChI=1S/C33H26F3N5O3S/c1-17-38-26-12-11-25(39-30(26)33(43)41(17)16-19-7-10-21(35)13-24(19)36)22-14-23-28(15-27(22)40(3)45-4)44-31(29(23)32(42)37-2)18-5-8-20(34)9-6-18/h5-15H,16H2,1-4H3,(H,37,42). The first kappa shape index (κ1) is 29.9. The van der Waals surface area contributed by atoms with Gasteiger partial charge >= 0.3 is 0 Å². The molecule has 0 aliphatic carbocycles. The van der Waals surface area contributed by atoms with Crippen LogP contribution in [0.1, 0.15) is 21.7 Å². The number of furan rings is 1. The summed E-state index contributed by atoms with van der Waals surface area (Å²) in [6.07, 6.45) is 1.89. The summed E-state index contributed by atoms with van der Waals surface area (Å²) in [5.74, 6) is -1.68. The van der Waals surface area contributed by atoms with Crippen molar-refractivity contribution < 1.29 is 22.4 Å². The first-order chi connectivity index (χ1) is 21.6. The zero-order chi connectivity index (χ0) is 32.0. The monoisotopic (exact) mass is 629 g/mol. The number of nitrogens with one attached hydrogen (secondary N) is 1. The number of aryl methyl sites for hydroxylation is 1. The lowest BCUT2D eigenvalue weighted by atomic mass is 10.0. The number of anilines is 1.